The van der Waals surface area contributed by atoms with E-state index in [4.69, 9.17) is 4.42 Å². The quantitative estimate of drug-likeness (QED) is 0.626. The van der Waals surface area contributed by atoms with E-state index in [9.17, 15) is 14.0 Å². The second-order valence-electron chi connectivity index (χ2n) is 6.72. The van der Waals surface area contributed by atoms with Gasteiger partial charge >= 0.3 is 0 Å². The predicted molar refractivity (Wildman–Crippen MR) is 108 cm³/mol. The van der Waals surface area contributed by atoms with Gasteiger partial charge in [-0.25, -0.2) is 9.37 Å². The number of anilines is 1. The second kappa shape index (κ2) is 9.14. The molecule has 0 radical (unpaired) electrons. The lowest BCUT2D eigenvalue weighted by Gasteiger charge is -2.15. The van der Waals surface area contributed by atoms with Crippen LogP contribution in [-0.2, 0) is 16.0 Å². The van der Waals surface area contributed by atoms with Crippen LogP contribution in [0.5, 0.6) is 0 Å². The molecule has 1 heterocycles. The summed E-state index contributed by atoms with van der Waals surface area (Å²) < 4.78 is 18.7. The Kier molecular flexibility index (Phi) is 6.39. The number of oxazole rings is 1. The molecular formula is C22H22FN3O3. The fourth-order valence-electron chi connectivity index (χ4n) is 2.88. The van der Waals surface area contributed by atoms with Gasteiger partial charge in [-0.3, -0.25) is 9.59 Å². The van der Waals surface area contributed by atoms with Crippen LogP contribution in [0.25, 0.3) is 11.3 Å². The van der Waals surface area contributed by atoms with Crippen molar-refractivity contribution >= 4 is 17.5 Å². The Morgan fingerprint density at radius 1 is 1.17 bits per heavy atom. The van der Waals surface area contributed by atoms with Gasteiger partial charge in [0.2, 0.25) is 11.8 Å². The van der Waals surface area contributed by atoms with Gasteiger partial charge in [-0.15, -0.1) is 0 Å². The van der Waals surface area contributed by atoms with Crippen LogP contribution in [0.15, 0.2) is 59.1 Å². The van der Waals surface area contributed by atoms with Gasteiger partial charge in [-0.1, -0.05) is 12.1 Å². The lowest BCUT2D eigenvalue weighted by Crippen LogP contribution is -2.26. The first-order valence-corrected chi connectivity index (χ1v) is 9.28. The third kappa shape index (κ3) is 5.75. The number of carbonyl (C=O) groups is 2. The number of halogens is 1. The molecule has 7 heteroatoms. The van der Waals surface area contributed by atoms with Crippen molar-refractivity contribution in [1.29, 1.82) is 0 Å². The Hall–Kier alpha value is -3.48. The van der Waals surface area contributed by atoms with Gasteiger partial charge in [-0.05, 0) is 48.9 Å². The number of carbonyl (C=O) groups excluding carboxylic acids is 2. The van der Waals surface area contributed by atoms with Crippen molar-refractivity contribution in [1.82, 2.24) is 10.3 Å². The average molecular weight is 395 g/mol. The maximum atomic E-state index is 13.0. The van der Waals surface area contributed by atoms with E-state index in [2.05, 4.69) is 15.6 Å². The molecule has 1 atom stereocenters. The van der Waals surface area contributed by atoms with Crippen LogP contribution in [0.2, 0.25) is 0 Å². The third-order valence-corrected chi connectivity index (χ3v) is 4.33. The molecule has 3 aromatic rings. The summed E-state index contributed by atoms with van der Waals surface area (Å²) in [4.78, 5) is 27.7. The fourth-order valence-corrected chi connectivity index (χ4v) is 2.88. The molecule has 1 unspecified atom stereocenters. The third-order valence-electron chi connectivity index (χ3n) is 4.33. The summed E-state index contributed by atoms with van der Waals surface area (Å²) in [5, 5.41) is 5.65. The highest BCUT2D eigenvalue weighted by molar-refractivity contribution is 5.88. The minimum absolute atomic E-state index is 0.135. The molecule has 0 spiro atoms. The van der Waals surface area contributed by atoms with Crippen molar-refractivity contribution in [2.24, 2.45) is 0 Å². The molecule has 1 aromatic heterocycles. The van der Waals surface area contributed by atoms with Crippen LogP contribution in [0, 0.1) is 5.82 Å². The number of amides is 2. The molecule has 6 nitrogen and oxygen atoms in total. The number of aryl methyl sites for hydroxylation is 1. The lowest BCUT2D eigenvalue weighted by atomic mass is 10.1. The molecule has 2 aromatic carbocycles. The molecule has 0 saturated heterocycles. The van der Waals surface area contributed by atoms with E-state index in [1.54, 1.807) is 24.4 Å². The maximum absolute atomic E-state index is 13.0. The highest BCUT2D eigenvalue weighted by Crippen LogP contribution is 2.21. The Balaban J connectivity index is 1.53. The molecule has 0 bridgehead atoms. The van der Waals surface area contributed by atoms with Crippen LogP contribution in [-0.4, -0.2) is 16.8 Å². The van der Waals surface area contributed by atoms with Crippen LogP contribution in [0.1, 0.15) is 37.8 Å². The molecule has 150 valence electrons. The lowest BCUT2D eigenvalue weighted by molar-refractivity contribution is -0.121. The van der Waals surface area contributed by atoms with Gasteiger partial charge in [0.05, 0.1) is 12.2 Å². The molecule has 3 rings (SSSR count). The van der Waals surface area contributed by atoms with Crippen molar-refractivity contribution in [3.05, 3.63) is 72.0 Å². The zero-order valence-electron chi connectivity index (χ0n) is 16.2. The minimum atomic E-state index is -0.318. The minimum Gasteiger partial charge on any atom is -0.441 e. The van der Waals surface area contributed by atoms with E-state index >= 15 is 0 Å². The smallest absolute Gasteiger partial charge is 0.221 e. The Labute approximate surface area is 168 Å². The van der Waals surface area contributed by atoms with Gasteiger partial charge in [0, 0.05) is 31.0 Å². The summed E-state index contributed by atoms with van der Waals surface area (Å²) in [6.45, 7) is 3.32. The summed E-state index contributed by atoms with van der Waals surface area (Å²) in [6.07, 6.45) is 2.14. The molecular weight excluding hydrogens is 373 g/mol. The number of hydrogen-bond acceptors (Lipinski definition) is 4. The Bertz CT molecular complexity index is 999. The molecule has 2 N–H and O–H groups in total. The largest absolute Gasteiger partial charge is 0.441 e. The molecule has 0 saturated carbocycles. The highest BCUT2D eigenvalue weighted by atomic mass is 19.1. The van der Waals surface area contributed by atoms with Crippen molar-refractivity contribution in [3.8, 4) is 11.3 Å². The molecule has 0 aliphatic rings. The summed E-state index contributed by atoms with van der Waals surface area (Å²) in [5.41, 5.74) is 2.30. The number of benzene rings is 2. The molecule has 0 fully saturated rings. The maximum Gasteiger partial charge on any atom is 0.221 e. The average Bonchev–Trinajstić information content (AvgIpc) is 3.15. The standard InChI is InChI=1S/C22H22FN3O3/c1-14(17-4-3-5-19(12-17)26-15(2)27)25-21(28)10-11-22-24-13-20(29-22)16-6-8-18(23)9-7-16/h3-9,12-14H,10-11H2,1-2H3,(H,25,28)(H,26,27). The number of nitrogens with zero attached hydrogens (tertiary/aromatic N) is 1. The number of hydrogen-bond donors (Lipinski definition) is 2. The van der Waals surface area contributed by atoms with Gasteiger partial charge in [-0.2, -0.15) is 0 Å². The van der Waals surface area contributed by atoms with Gasteiger partial charge < -0.3 is 15.1 Å². The summed E-state index contributed by atoms with van der Waals surface area (Å²) >= 11 is 0. The van der Waals surface area contributed by atoms with Gasteiger partial charge in [0.25, 0.3) is 0 Å². The second-order valence-corrected chi connectivity index (χ2v) is 6.72. The first-order valence-electron chi connectivity index (χ1n) is 9.28. The van der Waals surface area contributed by atoms with E-state index in [1.807, 2.05) is 25.1 Å². The molecule has 0 aliphatic heterocycles. The van der Waals surface area contributed by atoms with Gasteiger partial charge in [0.15, 0.2) is 11.7 Å². The molecule has 0 aliphatic carbocycles. The SMILES string of the molecule is CC(=O)Nc1cccc(C(C)NC(=O)CCc2ncc(-c3ccc(F)cc3)o2)c1. The van der Waals surface area contributed by atoms with E-state index in [0.717, 1.165) is 11.1 Å². The van der Waals surface area contributed by atoms with Crippen LogP contribution >= 0.6 is 0 Å². The van der Waals surface area contributed by atoms with Crippen molar-refractivity contribution in [3.63, 3.8) is 0 Å². The van der Waals surface area contributed by atoms with Crippen LogP contribution in [0.4, 0.5) is 10.1 Å². The van der Waals surface area contributed by atoms with E-state index in [1.165, 1.54) is 19.1 Å². The first kappa shape index (κ1) is 20.3. The molecule has 2 amide bonds. The Morgan fingerprint density at radius 2 is 1.93 bits per heavy atom. The summed E-state index contributed by atoms with van der Waals surface area (Å²) in [7, 11) is 0. The summed E-state index contributed by atoms with van der Waals surface area (Å²) in [6, 6.07) is 13.1. The zero-order chi connectivity index (χ0) is 20.8. The predicted octanol–water partition coefficient (Wildman–Crippen LogP) is 4.25. The topological polar surface area (TPSA) is 84.2 Å². The monoisotopic (exact) mass is 395 g/mol. The van der Waals surface area contributed by atoms with E-state index in [0.29, 0.717) is 23.8 Å². The Morgan fingerprint density at radius 3 is 2.66 bits per heavy atom. The van der Waals surface area contributed by atoms with Crippen LogP contribution < -0.4 is 10.6 Å². The number of nitrogens with one attached hydrogen (secondary N) is 2. The van der Waals surface area contributed by atoms with E-state index < -0.39 is 0 Å². The summed E-state index contributed by atoms with van der Waals surface area (Å²) in [5.74, 6) is 0.374. The van der Waals surface area contributed by atoms with Crippen molar-refractivity contribution < 1.29 is 18.4 Å². The van der Waals surface area contributed by atoms with Gasteiger partial charge in [0.1, 0.15) is 5.82 Å². The van der Waals surface area contributed by atoms with Crippen molar-refractivity contribution in [2.45, 2.75) is 32.7 Å². The normalized spacial score (nSPS) is 11.7. The number of rotatable bonds is 7. The highest BCUT2D eigenvalue weighted by Gasteiger charge is 2.13. The first-order chi connectivity index (χ1) is 13.9. The van der Waals surface area contributed by atoms with E-state index in [-0.39, 0.29) is 30.1 Å². The number of aromatic nitrogens is 1. The van der Waals surface area contributed by atoms with Crippen LogP contribution in [0.3, 0.4) is 0 Å². The fraction of sp³-hybridized carbons (Fsp3) is 0.227. The molecule has 29 heavy (non-hydrogen) atoms. The zero-order valence-corrected chi connectivity index (χ0v) is 16.2. The van der Waals surface area contributed by atoms with Crippen molar-refractivity contribution in [2.75, 3.05) is 5.32 Å².